The first kappa shape index (κ1) is 36.0. The van der Waals surface area contributed by atoms with Gasteiger partial charge >= 0.3 is 0 Å². The molecular formula is C37H42N4O6S. The molecule has 4 rings (SSSR count). The highest BCUT2D eigenvalue weighted by atomic mass is 32.2. The average molecular weight is 671 g/mol. The molecule has 0 radical (unpaired) electrons. The molecular weight excluding hydrogens is 628 g/mol. The van der Waals surface area contributed by atoms with E-state index in [9.17, 15) is 22.8 Å². The summed E-state index contributed by atoms with van der Waals surface area (Å²) in [5, 5.41) is 3.73. The first-order chi connectivity index (χ1) is 22.9. The van der Waals surface area contributed by atoms with Crippen LogP contribution in [0.1, 0.15) is 58.8 Å². The van der Waals surface area contributed by atoms with Gasteiger partial charge in [-0.1, -0.05) is 102 Å². The fourth-order valence-corrected chi connectivity index (χ4v) is 6.97. The zero-order valence-corrected chi connectivity index (χ0v) is 28.5. The topological polar surface area (TPSA) is 144 Å². The lowest BCUT2D eigenvalue weighted by Gasteiger charge is -2.32. The number of imide groups is 1. The van der Waals surface area contributed by atoms with Gasteiger partial charge in [0.25, 0.3) is 17.7 Å². The number of rotatable bonds is 14. The summed E-state index contributed by atoms with van der Waals surface area (Å²) in [6.07, 6.45) is 5.64. The van der Waals surface area contributed by atoms with Crippen molar-refractivity contribution in [2.45, 2.75) is 58.5 Å². The molecule has 2 N–H and O–H groups in total. The van der Waals surface area contributed by atoms with Crippen LogP contribution in [-0.2, 0) is 26.0 Å². The molecule has 3 amide bonds. The summed E-state index contributed by atoms with van der Waals surface area (Å²) in [5.74, 6) is -2.47. The Kier molecular flexibility index (Phi) is 12.2. The third-order valence-electron chi connectivity index (χ3n) is 7.90. The van der Waals surface area contributed by atoms with E-state index in [1.807, 2.05) is 57.2 Å². The van der Waals surface area contributed by atoms with Crippen LogP contribution in [0.5, 0.6) is 0 Å². The Bertz CT molecular complexity index is 1820. The molecule has 0 aliphatic carbocycles. The number of nitrogens with two attached hydrogens (primary N) is 1. The Balaban J connectivity index is 1.71. The normalized spacial score (nSPS) is 12.9. The molecule has 252 valence electrons. The highest BCUT2D eigenvalue weighted by molar-refractivity contribution is 7.90. The summed E-state index contributed by atoms with van der Waals surface area (Å²) in [6, 6.07) is 20.8. The fraction of sp³-hybridized carbons (Fsp3) is 0.297. The van der Waals surface area contributed by atoms with Gasteiger partial charge in [0.15, 0.2) is 5.76 Å². The Morgan fingerprint density at radius 1 is 0.938 bits per heavy atom. The van der Waals surface area contributed by atoms with E-state index >= 15 is 0 Å². The number of aryl methyl sites for hydroxylation is 2. The van der Waals surface area contributed by atoms with E-state index < -0.39 is 45.6 Å². The lowest BCUT2D eigenvalue weighted by atomic mass is 10.00. The maximum atomic E-state index is 14.5. The van der Waals surface area contributed by atoms with Crippen molar-refractivity contribution in [3.05, 3.63) is 119 Å². The van der Waals surface area contributed by atoms with E-state index in [1.54, 1.807) is 54.6 Å². The lowest BCUT2D eigenvalue weighted by Crippen LogP contribution is -2.57. The second-order valence-electron chi connectivity index (χ2n) is 11.9. The first-order valence-corrected chi connectivity index (χ1v) is 17.5. The van der Waals surface area contributed by atoms with Crippen LogP contribution in [0.4, 0.5) is 0 Å². The highest BCUT2D eigenvalue weighted by Crippen LogP contribution is 2.23. The van der Waals surface area contributed by atoms with Crippen LogP contribution >= 0.6 is 0 Å². The van der Waals surface area contributed by atoms with Crippen molar-refractivity contribution in [3.8, 4) is 11.3 Å². The third-order valence-corrected chi connectivity index (χ3v) is 9.62. The zero-order chi connectivity index (χ0) is 34.8. The summed E-state index contributed by atoms with van der Waals surface area (Å²) in [6.45, 7) is 5.53. The molecule has 3 aromatic carbocycles. The number of carbonyl (C=O) groups excluding carboxylic acids is 3. The van der Waals surface area contributed by atoms with Crippen molar-refractivity contribution >= 4 is 33.8 Å². The van der Waals surface area contributed by atoms with E-state index in [4.69, 9.17) is 10.3 Å². The van der Waals surface area contributed by atoms with Crippen LogP contribution in [0.25, 0.3) is 17.4 Å². The molecule has 48 heavy (non-hydrogen) atoms. The van der Waals surface area contributed by atoms with Crippen molar-refractivity contribution in [2.24, 2.45) is 5.73 Å². The largest absolute Gasteiger partial charge is 0.356 e. The predicted octanol–water partition coefficient (Wildman–Crippen LogP) is 5.56. The molecule has 0 spiro atoms. The zero-order valence-electron chi connectivity index (χ0n) is 27.7. The molecule has 4 aromatic rings. The minimum atomic E-state index is -4.44. The number of aromatic nitrogens is 1. The summed E-state index contributed by atoms with van der Waals surface area (Å²) < 4.78 is 33.0. The minimum absolute atomic E-state index is 0.00803. The number of amides is 3. The number of hydrogen-bond donors (Lipinski definition) is 1. The second-order valence-corrected chi connectivity index (χ2v) is 13.8. The van der Waals surface area contributed by atoms with E-state index in [2.05, 4.69) is 5.16 Å². The molecule has 0 aliphatic rings. The van der Waals surface area contributed by atoms with Crippen LogP contribution in [-0.4, -0.2) is 65.4 Å². The number of benzene rings is 3. The van der Waals surface area contributed by atoms with Crippen LogP contribution in [0.2, 0.25) is 0 Å². The highest BCUT2D eigenvalue weighted by Gasteiger charge is 2.42. The van der Waals surface area contributed by atoms with Gasteiger partial charge in [-0.3, -0.25) is 14.4 Å². The third kappa shape index (κ3) is 9.14. The smallest absolute Gasteiger partial charge is 0.266 e. The van der Waals surface area contributed by atoms with Crippen molar-refractivity contribution < 1.29 is 27.3 Å². The molecule has 0 saturated heterocycles. The molecule has 0 aliphatic heterocycles. The van der Waals surface area contributed by atoms with Crippen LogP contribution in [0, 0.1) is 13.8 Å². The number of hydrogen-bond acceptors (Lipinski definition) is 8. The molecule has 0 saturated carbocycles. The number of nitrogens with zero attached hydrogens (tertiary/aromatic N) is 3. The summed E-state index contributed by atoms with van der Waals surface area (Å²) in [5.41, 5.74) is 10.6. The molecule has 0 fully saturated rings. The summed E-state index contributed by atoms with van der Waals surface area (Å²) in [7, 11) is -3.00. The Labute approximate surface area is 282 Å². The molecule has 10 nitrogen and oxygen atoms in total. The van der Waals surface area contributed by atoms with Crippen LogP contribution in [0.15, 0.2) is 95.7 Å². The second kappa shape index (κ2) is 16.3. The van der Waals surface area contributed by atoms with Crippen molar-refractivity contribution in [3.63, 3.8) is 0 Å². The molecule has 1 aromatic heterocycles. The van der Waals surface area contributed by atoms with Gasteiger partial charge in [0.1, 0.15) is 6.04 Å². The maximum absolute atomic E-state index is 14.5. The standard InChI is InChI=1S/C37H42N4O6S/c1-5-6-21-48(45,46)41(36(43)32(38)14-10-13-28-11-8-7-9-12-28)37(44)33(40(4)35(42)31-23-26(2)22-27(3)24-31)25-29-15-17-30(18-16-29)34-19-20-39-47-34/h7-13,15-20,22-24,32-33H,5-6,14,21,25,38H2,1-4H3/t32?,33-/m0/s1. The van der Waals surface area contributed by atoms with Crippen molar-refractivity contribution in [2.75, 3.05) is 12.8 Å². The van der Waals surface area contributed by atoms with Gasteiger partial charge in [-0.2, -0.15) is 4.31 Å². The molecule has 11 heteroatoms. The van der Waals surface area contributed by atoms with Gasteiger partial charge in [-0.05, 0) is 49.9 Å². The fourth-order valence-electron chi connectivity index (χ4n) is 5.33. The lowest BCUT2D eigenvalue weighted by molar-refractivity contribution is -0.142. The molecule has 1 unspecified atom stereocenters. The van der Waals surface area contributed by atoms with Gasteiger partial charge in [-0.15, -0.1) is 0 Å². The SMILES string of the molecule is CCCCS(=O)(=O)N(C(=O)C(N)CC=Cc1ccccc1)C(=O)[C@H](Cc1ccc(-c2ccno2)cc1)N(C)C(=O)c1cc(C)cc(C)c1. The Morgan fingerprint density at radius 2 is 1.60 bits per heavy atom. The van der Waals surface area contributed by atoms with Crippen LogP contribution in [0.3, 0.4) is 0 Å². The van der Waals surface area contributed by atoms with Gasteiger partial charge in [0.2, 0.25) is 10.0 Å². The van der Waals surface area contributed by atoms with Crippen molar-refractivity contribution in [1.82, 2.24) is 14.4 Å². The maximum Gasteiger partial charge on any atom is 0.266 e. The van der Waals surface area contributed by atoms with E-state index in [1.165, 1.54) is 18.1 Å². The number of unbranched alkanes of at least 4 members (excludes halogenated alkanes) is 1. The van der Waals surface area contributed by atoms with Gasteiger partial charge in [-0.25, -0.2) is 8.42 Å². The van der Waals surface area contributed by atoms with Gasteiger partial charge in [0, 0.05) is 30.7 Å². The van der Waals surface area contributed by atoms with Crippen molar-refractivity contribution in [1.29, 1.82) is 0 Å². The quantitative estimate of drug-likeness (QED) is 0.184. The number of sulfonamides is 1. The predicted molar refractivity (Wildman–Crippen MR) is 186 cm³/mol. The first-order valence-electron chi connectivity index (χ1n) is 15.8. The summed E-state index contributed by atoms with van der Waals surface area (Å²) in [4.78, 5) is 43.5. The Hall–Kier alpha value is -4.87. The van der Waals surface area contributed by atoms with Gasteiger partial charge < -0.3 is 15.2 Å². The van der Waals surface area contributed by atoms with E-state index in [0.717, 1.165) is 22.3 Å². The van der Waals surface area contributed by atoms with E-state index in [-0.39, 0.29) is 19.3 Å². The number of likely N-dealkylation sites (N-methyl/N-ethyl adjacent to an activating group) is 1. The van der Waals surface area contributed by atoms with Gasteiger partial charge in [0.05, 0.1) is 18.0 Å². The molecule has 2 atom stereocenters. The molecule has 0 bridgehead atoms. The monoisotopic (exact) mass is 670 g/mol. The average Bonchev–Trinajstić information content (AvgIpc) is 3.61. The molecule has 1 heterocycles. The van der Waals surface area contributed by atoms with E-state index in [0.29, 0.717) is 27.6 Å². The number of carbonyl (C=O) groups is 3. The summed E-state index contributed by atoms with van der Waals surface area (Å²) >= 11 is 0. The van der Waals surface area contributed by atoms with Crippen LogP contribution < -0.4 is 5.73 Å². The Morgan fingerprint density at radius 3 is 2.21 bits per heavy atom. The minimum Gasteiger partial charge on any atom is -0.356 e.